The number of fused-ring (bicyclic) bond motifs is 4. The Labute approximate surface area is 174 Å². The molecular weight excluding hydrogens is 415 g/mol. The number of hydrogen-bond donors (Lipinski definition) is 0. The second-order valence-electron chi connectivity index (χ2n) is 7.68. The topological polar surface area (TPSA) is 77.7 Å². The summed E-state index contributed by atoms with van der Waals surface area (Å²) in [5, 5.41) is 9.20. The molecule has 31 heavy (non-hydrogen) atoms. The van der Waals surface area contributed by atoms with Crippen LogP contribution >= 0.6 is 0 Å². The molecule has 2 bridgehead atoms. The van der Waals surface area contributed by atoms with E-state index in [9.17, 15) is 18.0 Å². The zero-order valence-corrected chi connectivity index (χ0v) is 16.2. The summed E-state index contributed by atoms with van der Waals surface area (Å²) in [7, 11) is 0. The highest BCUT2D eigenvalue weighted by atomic mass is 19.4. The lowest BCUT2D eigenvalue weighted by Gasteiger charge is -2.48. The molecule has 3 saturated heterocycles. The molecule has 162 valence electrons. The average Bonchev–Trinajstić information content (AvgIpc) is 3.24. The number of piperidine rings is 3. The maximum atomic E-state index is 12.7. The fraction of sp³-hybridized carbons (Fsp3) is 0.381. The number of esters is 1. The van der Waals surface area contributed by atoms with E-state index in [1.807, 2.05) is 24.3 Å². The van der Waals surface area contributed by atoms with E-state index in [1.54, 1.807) is 23.3 Å². The van der Waals surface area contributed by atoms with Crippen molar-refractivity contribution in [3.8, 4) is 17.1 Å². The SMILES string of the molecule is O=C(OC1[C@H](Oc2ccc(-c3ccc4occc4c3)nn2)C2CCN1CC2)C(F)(F)F. The van der Waals surface area contributed by atoms with Gasteiger partial charge < -0.3 is 13.9 Å². The molecule has 0 saturated carbocycles. The number of benzene rings is 1. The lowest BCUT2D eigenvalue weighted by Crippen LogP contribution is -2.61. The van der Waals surface area contributed by atoms with E-state index in [-0.39, 0.29) is 11.8 Å². The monoisotopic (exact) mass is 433 g/mol. The van der Waals surface area contributed by atoms with Gasteiger partial charge in [0.15, 0.2) is 12.3 Å². The molecule has 3 fully saturated rings. The van der Waals surface area contributed by atoms with Crippen LogP contribution in [0, 0.1) is 5.92 Å². The Hall–Kier alpha value is -3.14. The van der Waals surface area contributed by atoms with Crippen molar-refractivity contribution in [1.29, 1.82) is 0 Å². The fourth-order valence-electron chi connectivity index (χ4n) is 4.22. The van der Waals surface area contributed by atoms with Crippen molar-refractivity contribution in [2.45, 2.75) is 31.3 Å². The highest BCUT2D eigenvalue weighted by Crippen LogP contribution is 2.36. The van der Waals surface area contributed by atoms with Crippen molar-refractivity contribution in [2.24, 2.45) is 5.92 Å². The smallest absolute Gasteiger partial charge is 0.468 e. The summed E-state index contributed by atoms with van der Waals surface area (Å²) in [6.07, 6.45) is -3.79. The molecule has 1 unspecified atom stereocenters. The molecule has 3 aliphatic rings. The molecule has 0 radical (unpaired) electrons. The molecule has 2 atom stereocenters. The van der Waals surface area contributed by atoms with Crippen LogP contribution in [0.25, 0.3) is 22.2 Å². The van der Waals surface area contributed by atoms with Crippen molar-refractivity contribution in [2.75, 3.05) is 13.1 Å². The van der Waals surface area contributed by atoms with Gasteiger partial charge in [-0.2, -0.15) is 13.2 Å². The van der Waals surface area contributed by atoms with E-state index in [2.05, 4.69) is 10.2 Å². The molecule has 5 heterocycles. The minimum atomic E-state index is -5.06. The van der Waals surface area contributed by atoms with Gasteiger partial charge in [0.05, 0.1) is 12.0 Å². The largest absolute Gasteiger partial charge is 0.490 e. The predicted molar refractivity (Wildman–Crippen MR) is 102 cm³/mol. The van der Waals surface area contributed by atoms with Crippen molar-refractivity contribution < 1.29 is 31.9 Å². The van der Waals surface area contributed by atoms with Gasteiger partial charge >= 0.3 is 12.1 Å². The first-order valence-electron chi connectivity index (χ1n) is 9.88. The summed E-state index contributed by atoms with van der Waals surface area (Å²) < 4.78 is 54.2. The molecule has 0 spiro atoms. The van der Waals surface area contributed by atoms with E-state index in [0.717, 1.165) is 29.4 Å². The summed E-state index contributed by atoms with van der Waals surface area (Å²) in [6.45, 7) is 1.11. The van der Waals surface area contributed by atoms with Crippen LogP contribution in [-0.2, 0) is 9.53 Å². The number of nitrogens with zero attached hydrogens (tertiary/aromatic N) is 3. The van der Waals surface area contributed by atoms with Crippen LogP contribution in [0.1, 0.15) is 12.8 Å². The highest BCUT2D eigenvalue weighted by Gasteiger charge is 2.50. The van der Waals surface area contributed by atoms with Gasteiger partial charge in [-0.05, 0) is 43.2 Å². The van der Waals surface area contributed by atoms with Gasteiger partial charge in [0.1, 0.15) is 5.58 Å². The number of halogens is 3. The predicted octanol–water partition coefficient (Wildman–Crippen LogP) is 3.79. The van der Waals surface area contributed by atoms with Crippen LogP contribution in [0.5, 0.6) is 5.88 Å². The number of carbonyl (C=O) groups excluding carboxylic acids is 1. The minimum Gasteiger partial charge on any atom is -0.468 e. The maximum absolute atomic E-state index is 12.7. The lowest BCUT2D eigenvalue weighted by molar-refractivity contribution is -0.233. The first-order chi connectivity index (χ1) is 14.9. The van der Waals surface area contributed by atoms with E-state index in [0.29, 0.717) is 18.8 Å². The molecule has 7 nitrogen and oxygen atoms in total. The molecule has 3 aromatic rings. The Bertz CT molecular complexity index is 1090. The van der Waals surface area contributed by atoms with Gasteiger partial charge in [-0.1, -0.05) is 0 Å². The number of furan rings is 1. The molecule has 0 amide bonds. The Balaban J connectivity index is 1.34. The summed E-state index contributed by atoms with van der Waals surface area (Å²) in [4.78, 5) is 13.1. The second-order valence-corrected chi connectivity index (χ2v) is 7.68. The summed E-state index contributed by atoms with van der Waals surface area (Å²) >= 11 is 0. The van der Waals surface area contributed by atoms with Crippen LogP contribution in [0.4, 0.5) is 13.2 Å². The summed E-state index contributed by atoms with van der Waals surface area (Å²) in [5.74, 6) is -2.07. The first-order valence-corrected chi connectivity index (χ1v) is 9.88. The van der Waals surface area contributed by atoms with Crippen molar-refractivity contribution in [1.82, 2.24) is 15.1 Å². The van der Waals surface area contributed by atoms with Gasteiger partial charge in [0.25, 0.3) is 0 Å². The third-order valence-electron chi connectivity index (χ3n) is 5.78. The molecule has 0 N–H and O–H groups in total. The normalized spacial score (nSPS) is 25.5. The number of carbonyl (C=O) groups is 1. The van der Waals surface area contributed by atoms with Gasteiger partial charge in [0, 0.05) is 36.0 Å². The van der Waals surface area contributed by atoms with Crippen LogP contribution < -0.4 is 4.74 Å². The van der Waals surface area contributed by atoms with E-state index in [1.165, 1.54) is 0 Å². The molecule has 3 aliphatic heterocycles. The third kappa shape index (κ3) is 3.83. The molecule has 1 aromatic carbocycles. The zero-order chi connectivity index (χ0) is 21.6. The number of hydrogen-bond acceptors (Lipinski definition) is 7. The Morgan fingerprint density at radius 2 is 1.90 bits per heavy atom. The van der Waals surface area contributed by atoms with Gasteiger partial charge in [-0.15, -0.1) is 10.2 Å². The third-order valence-corrected chi connectivity index (χ3v) is 5.78. The van der Waals surface area contributed by atoms with Crippen LogP contribution in [0.2, 0.25) is 0 Å². The van der Waals surface area contributed by atoms with Crippen LogP contribution in [-0.4, -0.2) is 52.7 Å². The van der Waals surface area contributed by atoms with Crippen molar-refractivity contribution >= 4 is 16.9 Å². The summed E-state index contributed by atoms with van der Waals surface area (Å²) in [6, 6.07) is 10.8. The molecule has 6 rings (SSSR count). The molecule has 0 aliphatic carbocycles. The highest BCUT2D eigenvalue weighted by molar-refractivity contribution is 5.82. The quantitative estimate of drug-likeness (QED) is 0.580. The van der Waals surface area contributed by atoms with Gasteiger partial charge in [-0.3, -0.25) is 4.90 Å². The van der Waals surface area contributed by atoms with Crippen molar-refractivity contribution in [3.05, 3.63) is 42.7 Å². The Morgan fingerprint density at radius 1 is 1.10 bits per heavy atom. The van der Waals surface area contributed by atoms with Crippen LogP contribution in [0.3, 0.4) is 0 Å². The van der Waals surface area contributed by atoms with E-state index in [4.69, 9.17) is 13.9 Å². The summed E-state index contributed by atoms with van der Waals surface area (Å²) in [5.41, 5.74) is 2.22. The Morgan fingerprint density at radius 3 is 2.61 bits per heavy atom. The number of rotatable bonds is 4. The number of aromatic nitrogens is 2. The molecular formula is C21H18F3N3O4. The second kappa shape index (κ2) is 7.52. The maximum Gasteiger partial charge on any atom is 0.490 e. The van der Waals surface area contributed by atoms with Crippen LogP contribution in [0.15, 0.2) is 47.1 Å². The Kier molecular flexibility index (Phi) is 4.81. The molecule has 10 heteroatoms. The van der Waals surface area contributed by atoms with E-state index < -0.39 is 24.5 Å². The zero-order valence-electron chi connectivity index (χ0n) is 16.2. The van der Waals surface area contributed by atoms with E-state index >= 15 is 0 Å². The number of alkyl halides is 3. The lowest BCUT2D eigenvalue weighted by atomic mass is 9.84. The standard InChI is InChI=1S/C21H18F3N3O4/c22-21(23,24)20(28)31-19-18(12-5-8-27(19)9-6-12)30-17-4-2-15(25-26-17)13-1-3-16-14(11-13)7-10-29-16/h1-4,7,10-12,18-19H,5-6,8-9H2/t18-,19?/m1/s1. The van der Waals surface area contributed by atoms with Gasteiger partial charge in [-0.25, -0.2) is 4.79 Å². The minimum absolute atomic E-state index is 0.0268. The van der Waals surface area contributed by atoms with Gasteiger partial charge in [0.2, 0.25) is 5.88 Å². The first kappa shape index (κ1) is 19.8. The van der Waals surface area contributed by atoms with Crippen molar-refractivity contribution in [3.63, 3.8) is 0 Å². The average molecular weight is 433 g/mol. The molecule has 2 aromatic heterocycles. The number of ether oxygens (including phenoxy) is 2. The fourth-order valence-corrected chi connectivity index (χ4v) is 4.22.